The van der Waals surface area contributed by atoms with Gasteiger partial charge in [-0.05, 0) is 57.9 Å². The van der Waals surface area contributed by atoms with E-state index in [0.717, 1.165) is 26.5 Å². The number of pyridine rings is 1. The van der Waals surface area contributed by atoms with E-state index in [1.165, 1.54) is 18.3 Å². The zero-order chi connectivity index (χ0) is 26.5. The molecule has 1 aromatic heterocycles. The van der Waals surface area contributed by atoms with Crippen LogP contribution in [0.1, 0.15) is 21.5 Å². The summed E-state index contributed by atoms with van der Waals surface area (Å²) in [7, 11) is 0. The average molecular weight is 633 g/mol. The minimum atomic E-state index is -0.361. The van der Waals surface area contributed by atoms with Gasteiger partial charge in [-0.2, -0.15) is 5.10 Å². The van der Waals surface area contributed by atoms with Crippen molar-refractivity contribution in [1.29, 1.82) is 0 Å². The number of hydrazone groups is 1. The minimum Gasteiger partial charge on any atom is -0.487 e. The molecule has 5 nitrogen and oxygen atoms in total. The summed E-state index contributed by atoms with van der Waals surface area (Å²) in [5.74, 6) is -0.129. The van der Waals surface area contributed by atoms with Crippen LogP contribution >= 0.6 is 31.9 Å². The van der Waals surface area contributed by atoms with Gasteiger partial charge in [0.2, 0.25) is 0 Å². The van der Waals surface area contributed by atoms with Gasteiger partial charge in [0.05, 0.1) is 27.5 Å². The molecule has 1 N–H and O–H groups in total. The number of ether oxygens (including phenoxy) is 1. The fourth-order valence-corrected chi connectivity index (χ4v) is 5.28. The Hall–Kier alpha value is -3.88. The molecule has 188 valence electrons. The maximum atomic E-state index is 13.3. The van der Waals surface area contributed by atoms with Crippen LogP contribution in [0.3, 0.4) is 0 Å². The lowest BCUT2D eigenvalue weighted by Crippen LogP contribution is -2.18. The van der Waals surface area contributed by atoms with Gasteiger partial charge in [0.1, 0.15) is 18.2 Å². The fraction of sp³-hybridized carbons (Fsp3) is 0.0333. The van der Waals surface area contributed by atoms with Crippen LogP contribution in [0.25, 0.3) is 22.2 Å². The molecular weight excluding hydrogens is 613 g/mol. The molecule has 4 aromatic carbocycles. The van der Waals surface area contributed by atoms with Crippen molar-refractivity contribution in [3.05, 3.63) is 129 Å². The van der Waals surface area contributed by atoms with Crippen molar-refractivity contribution < 1.29 is 13.9 Å². The summed E-state index contributed by atoms with van der Waals surface area (Å²) in [6.45, 7) is 0.235. The quantitative estimate of drug-likeness (QED) is 0.146. The van der Waals surface area contributed by atoms with E-state index >= 15 is 0 Å². The van der Waals surface area contributed by atoms with E-state index in [2.05, 4.69) is 42.4 Å². The second-order valence-corrected chi connectivity index (χ2v) is 10.1. The van der Waals surface area contributed by atoms with E-state index in [1.54, 1.807) is 18.2 Å². The van der Waals surface area contributed by atoms with E-state index in [1.807, 2.05) is 66.7 Å². The molecule has 0 bridgehead atoms. The maximum Gasteiger partial charge on any atom is 0.272 e. The number of para-hydroxylation sites is 1. The van der Waals surface area contributed by atoms with Crippen LogP contribution in [0.15, 0.2) is 111 Å². The second kappa shape index (κ2) is 11.7. The van der Waals surface area contributed by atoms with Crippen LogP contribution in [0.4, 0.5) is 4.39 Å². The molecule has 5 aromatic rings. The van der Waals surface area contributed by atoms with Crippen LogP contribution in [-0.4, -0.2) is 17.1 Å². The summed E-state index contributed by atoms with van der Waals surface area (Å²) in [4.78, 5) is 18.0. The molecule has 0 saturated carbocycles. The summed E-state index contributed by atoms with van der Waals surface area (Å²) < 4.78 is 20.8. The third-order valence-electron chi connectivity index (χ3n) is 5.73. The molecule has 1 heterocycles. The Morgan fingerprint density at radius 2 is 1.68 bits per heavy atom. The number of nitrogens with zero attached hydrogens (tertiary/aromatic N) is 2. The Morgan fingerprint density at radius 3 is 2.47 bits per heavy atom. The Bertz CT molecular complexity index is 1640. The minimum absolute atomic E-state index is 0.235. The summed E-state index contributed by atoms with van der Waals surface area (Å²) in [5, 5.41) is 4.95. The van der Waals surface area contributed by atoms with E-state index < -0.39 is 0 Å². The molecule has 8 heteroatoms. The van der Waals surface area contributed by atoms with E-state index in [9.17, 15) is 9.18 Å². The molecule has 0 spiro atoms. The van der Waals surface area contributed by atoms with E-state index in [4.69, 9.17) is 9.72 Å². The van der Waals surface area contributed by atoms with Gasteiger partial charge < -0.3 is 4.74 Å². The molecule has 0 aliphatic carbocycles. The van der Waals surface area contributed by atoms with Gasteiger partial charge in [-0.25, -0.2) is 14.8 Å². The number of amides is 1. The van der Waals surface area contributed by atoms with E-state index in [0.29, 0.717) is 27.0 Å². The van der Waals surface area contributed by atoms with Gasteiger partial charge >= 0.3 is 0 Å². The molecule has 0 unspecified atom stereocenters. The zero-order valence-corrected chi connectivity index (χ0v) is 23.0. The lowest BCUT2D eigenvalue weighted by molar-refractivity contribution is 0.0956. The third-order valence-corrected chi connectivity index (χ3v) is 6.78. The van der Waals surface area contributed by atoms with Gasteiger partial charge in [0.25, 0.3) is 5.91 Å². The number of hydrogen-bond donors (Lipinski definition) is 1. The monoisotopic (exact) mass is 631 g/mol. The number of carbonyl (C=O) groups excluding carboxylic acids is 1. The van der Waals surface area contributed by atoms with Gasteiger partial charge in [-0.1, -0.05) is 76.6 Å². The zero-order valence-electron chi connectivity index (χ0n) is 19.9. The van der Waals surface area contributed by atoms with Crippen LogP contribution in [0, 0.1) is 5.82 Å². The number of hydrogen-bond acceptors (Lipinski definition) is 4. The normalized spacial score (nSPS) is 11.1. The smallest absolute Gasteiger partial charge is 0.272 e. The highest BCUT2D eigenvalue weighted by atomic mass is 79.9. The highest BCUT2D eigenvalue weighted by molar-refractivity contribution is 9.11. The lowest BCUT2D eigenvalue weighted by Gasteiger charge is -2.12. The van der Waals surface area contributed by atoms with Crippen molar-refractivity contribution >= 4 is 54.9 Å². The molecule has 0 aliphatic rings. The van der Waals surface area contributed by atoms with Crippen molar-refractivity contribution in [1.82, 2.24) is 10.4 Å². The Labute approximate surface area is 235 Å². The largest absolute Gasteiger partial charge is 0.487 e. The average Bonchev–Trinajstić information content (AvgIpc) is 2.93. The highest BCUT2D eigenvalue weighted by Gasteiger charge is 2.14. The number of nitrogens with one attached hydrogen (secondary N) is 1. The number of fused-ring (bicyclic) bond motifs is 1. The topological polar surface area (TPSA) is 63.6 Å². The van der Waals surface area contributed by atoms with Crippen molar-refractivity contribution in [2.75, 3.05) is 0 Å². The summed E-state index contributed by atoms with van der Waals surface area (Å²) in [6, 6.07) is 28.8. The number of carbonyl (C=O) groups is 1. The second-order valence-electron chi connectivity index (χ2n) is 8.36. The number of rotatable bonds is 7. The Kier molecular flexibility index (Phi) is 7.91. The SMILES string of the molecule is O=C(N/N=C\c1cc(Br)cc(Br)c1OCc1ccc(F)cc1)c1cc(-c2ccccc2)nc2ccccc12. The standard InChI is InChI=1S/C30H20Br2FN3O2/c31-22-14-21(29(26(32)15-22)38-18-19-10-12-23(33)13-11-19)17-34-36-30(37)25-16-28(20-6-2-1-3-7-20)35-27-9-5-4-8-24(25)27/h1-17H,18H2,(H,36,37)/b34-17-. The number of benzene rings is 4. The molecule has 0 radical (unpaired) electrons. The van der Waals surface area contributed by atoms with Crippen molar-refractivity contribution in [3.63, 3.8) is 0 Å². The Morgan fingerprint density at radius 1 is 0.947 bits per heavy atom. The molecule has 1 amide bonds. The first-order chi connectivity index (χ1) is 18.5. The predicted molar refractivity (Wildman–Crippen MR) is 155 cm³/mol. The van der Waals surface area contributed by atoms with Crippen LogP contribution in [0.5, 0.6) is 5.75 Å². The summed E-state index contributed by atoms with van der Waals surface area (Å²) >= 11 is 7.01. The maximum absolute atomic E-state index is 13.3. The highest BCUT2D eigenvalue weighted by Crippen LogP contribution is 2.33. The van der Waals surface area contributed by atoms with Gasteiger partial charge in [-0.15, -0.1) is 0 Å². The molecule has 0 aliphatic heterocycles. The predicted octanol–water partition coefficient (Wildman–Crippen LogP) is 7.91. The number of halogens is 3. The van der Waals surface area contributed by atoms with Crippen LogP contribution < -0.4 is 10.2 Å². The van der Waals surface area contributed by atoms with Crippen LogP contribution in [-0.2, 0) is 6.61 Å². The van der Waals surface area contributed by atoms with E-state index in [-0.39, 0.29) is 18.3 Å². The van der Waals surface area contributed by atoms with Crippen LogP contribution in [0.2, 0.25) is 0 Å². The third kappa shape index (κ3) is 5.98. The molecule has 5 rings (SSSR count). The van der Waals surface area contributed by atoms with Crippen molar-refractivity contribution in [2.45, 2.75) is 6.61 Å². The molecule has 0 fully saturated rings. The first-order valence-corrected chi connectivity index (χ1v) is 13.2. The fourth-order valence-electron chi connectivity index (χ4n) is 3.91. The first kappa shape index (κ1) is 25.8. The molecular formula is C30H20Br2FN3O2. The summed E-state index contributed by atoms with van der Waals surface area (Å²) in [5.41, 5.74) is 6.89. The molecule has 0 saturated heterocycles. The summed E-state index contributed by atoms with van der Waals surface area (Å²) in [6.07, 6.45) is 1.52. The number of aromatic nitrogens is 1. The van der Waals surface area contributed by atoms with Crippen molar-refractivity contribution in [2.24, 2.45) is 5.10 Å². The Balaban J connectivity index is 1.40. The van der Waals surface area contributed by atoms with Gasteiger partial charge in [0, 0.05) is 21.0 Å². The first-order valence-electron chi connectivity index (χ1n) is 11.6. The van der Waals surface area contributed by atoms with Gasteiger partial charge in [-0.3, -0.25) is 4.79 Å². The molecule has 38 heavy (non-hydrogen) atoms. The van der Waals surface area contributed by atoms with Gasteiger partial charge in [0.15, 0.2) is 0 Å². The molecule has 0 atom stereocenters. The lowest BCUT2D eigenvalue weighted by atomic mass is 10.0. The van der Waals surface area contributed by atoms with Crippen molar-refractivity contribution in [3.8, 4) is 17.0 Å².